The minimum absolute atomic E-state index is 0.119. The fourth-order valence-electron chi connectivity index (χ4n) is 4.27. The number of carbonyl (C=O) groups excluding carboxylic acids is 1. The van der Waals surface area contributed by atoms with Gasteiger partial charge >= 0.3 is 0 Å². The Labute approximate surface area is 198 Å². The number of rotatable bonds is 7. The zero-order valence-corrected chi connectivity index (χ0v) is 19.6. The molecule has 1 heterocycles. The van der Waals surface area contributed by atoms with Crippen LogP contribution in [0.25, 0.3) is 0 Å². The van der Waals surface area contributed by atoms with E-state index >= 15 is 0 Å². The number of benzene rings is 3. The molecule has 7 nitrogen and oxygen atoms in total. The number of hydrogen-bond donors (Lipinski definition) is 0. The highest BCUT2D eigenvalue weighted by Crippen LogP contribution is 2.52. The van der Waals surface area contributed by atoms with Crippen molar-refractivity contribution in [3.8, 4) is 0 Å². The number of sulfonamides is 1. The van der Waals surface area contributed by atoms with Crippen LogP contribution in [0.2, 0.25) is 0 Å². The molecule has 0 aliphatic carbocycles. The lowest BCUT2D eigenvalue weighted by atomic mass is 9.80. The first-order valence-electron chi connectivity index (χ1n) is 10.9. The van der Waals surface area contributed by atoms with Crippen LogP contribution in [0, 0.1) is 23.0 Å². The molecule has 8 heteroatoms. The van der Waals surface area contributed by atoms with Crippen LogP contribution in [0.15, 0.2) is 95.5 Å². The SMILES string of the molecule is CC[C@H]1/C(=C\C(=O)c2ccc([N+](=O)[O-])cc2)N(S(=O)(=O)c2ccc(C)cc2)[C@@H]1c1ccccc1. The minimum Gasteiger partial charge on any atom is -0.289 e. The van der Waals surface area contributed by atoms with Gasteiger partial charge in [-0.25, -0.2) is 8.42 Å². The number of nitro benzene ring substituents is 1. The molecule has 0 saturated carbocycles. The lowest BCUT2D eigenvalue weighted by molar-refractivity contribution is -0.384. The summed E-state index contributed by atoms with van der Waals surface area (Å²) in [5.41, 5.74) is 2.35. The van der Waals surface area contributed by atoms with Gasteiger partial charge in [-0.15, -0.1) is 0 Å². The summed E-state index contributed by atoms with van der Waals surface area (Å²) in [5.74, 6) is -0.580. The minimum atomic E-state index is -3.93. The average Bonchev–Trinajstić information content (AvgIpc) is 2.82. The van der Waals surface area contributed by atoms with E-state index in [9.17, 15) is 23.3 Å². The van der Waals surface area contributed by atoms with Crippen LogP contribution in [0.3, 0.4) is 0 Å². The van der Waals surface area contributed by atoms with Crippen LogP contribution in [-0.2, 0) is 10.0 Å². The van der Waals surface area contributed by atoms with E-state index in [4.69, 9.17) is 0 Å². The van der Waals surface area contributed by atoms with Gasteiger partial charge in [0.2, 0.25) is 0 Å². The smallest absolute Gasteiger partial charge is 0.269 e. The van der Waals surface area contributed by atoms with Gasteiger partial charge in [0.25, 0.3) is 15.7 Å². The Bertz CT molecular complexity index is 1350. The summed E-state index contributed by atoms with van der Waals surface area (Å²) in [6.07, 6.45) is 1.99. The molecule has 0 unspecified atom stereocenters. The highest BCUT2D eigenvalue weighted by molar-refractivity contribution is 7.89. The maximum atomic E-state index is 13.7. The predicted octanol–water partition coefficient (Wildman–Crippen LogP) is 5.44. The second-order valence-corrected chi connectivity index (χ2v) is 10.0. The molecule has 3 aromatic carbocycles. The lowest BCUT2D eigenvalue weighted by Gasteiger charge is -2.50. The number of hydrogen-bond acceptors (Lipinski definition) is 5. The van der Waals surface area contributed by atoms with Crippen molar-refractivity contribution < 1.29 is 18.1 Å². The van der Waals surface area contributed by atoms with Crippen molar-refractivity contribution in [2.45, 2.75) is 31.2 Å². The van der Waals surface area contributed by atoms with E-state index in [1.54, 1.807) is 24.3 Å². The number of non-ortho nitro benzene ring substituents is 1. The van der Waals surface area contributed by atoms with Gasteiger partial charge in [0.05, 0.1) is 15.9 Å². The Morgan fingerprint density at radius 3 is 2.18 bits per heavy atom. The number of carbonyl (C=O) groups is 1. The first kappa shape index (κ1) is 23.4. The fourth-order valence-corrected chi connectivity index (χ4v) is 6.01. The van der Waals surface area contributed by atoms with Crippen LogP contribution in [0.5, 0.6) is 0 Å². The summed E-state index contributed by atoms with van der Waals surface area (Å²) >= 11 is 0. The lowest BCUT2D eigenvalue weighted by Crippen LogP contribution is -2.50. The summed E-state index contributed by atoms with van der Waals surface area (Å²) < 4.78 is 28.8. The Morgan fingerprint density at radius 1 is 1.00 bits per heavy atom. The van der Waals surface area contributed by atoms with Gasteiger partial charge in [0.15, 0.2) is 5.78 Å². The largest absolute Gasteiger partial charge is 0.289 e. The second kappa shape index (κ2) is 9.23. The van der Waals surface area contributed by atoms with Crippen LogP contribution in [0.4, 0.5) is 5.69 Å². The molecule has 1 aliphatic rings. The molecule has 0 spiro atoms. The van der Waals surface area contributed by atoms with Crippen LogP contribution in [-0.4, -0.2) is 23.4 Å². The normalized spacial score (nSPS) is 19.0. The van der Waals surface area contributed by atoms with Gasteiger partial charge in [0, 0.05) is 35.4 Å². The molecule has 0 aromatic heterocycles. The molecule has 3 aromatic rings. The van der Waals surface area contributed by atoms with E-state index in [1.165, 1.54) is 34.6 Å². The van der Waals surface area contributed by atoms with Gasteiger partial charge in [0.1, 0.15) is 0 Å². The third-order valence-corrected chi connectivity index (χ3v) is 7.89. The number of nitrogens with zero attached hydrogens (tertiary/aromatic N) is 2. The Balaban J connectivity index is 1.78. The molecule has 174 valence electrons. The molecule has 1 aliphatic heterocycles. The van der Waals surface area contributed by atoms with Crippen LogP contribution >= 0.6 is 0 Å². The monoisotopic (exact) mass is 476 g/mol. The highest BCUT2D eigenvalue weighted by atomic mass is 32.2. The number of ketones is 1. The summed E-state index contributed by atoms with van der Waals surface area (Å²) in [7, 11) is -3.93. The standard InChI is InChI=1S/C26H24N2O5S/c1-3-23-24(17-25(29)19-11-13-21(14-12-19)28(30)31)27(26(23)20-7-5-4-6-8-20)34(32,33)22-15-9-18(2)10-16-22/h4-17,23,26H,3H2,1-2H3/b24-17+/t23-,26+/m0/s1. The Morgan fingerprint density at radius 2 is 1.62 bits per heavy atom. The molecule has 0 N–H and O–H groups in total. The summed E-state index contributed by atoms with van der Waals surface area (Å²) in [6.45, 7) is 3.84. The van der Waals surface area contributed by atoms with Gasteiger partial charge < -0.3 is 0 Å². The number of aryl methyl sites for hydroxylation is 1. The molecule has 0 amide bonds. The first-order valence-corrected chi connectivity index (χ1v) is 12.3. The maximum Gasteiger partial charge on any atom is 0.269 e. The zero-order valence-electron chi connectivity index (χ0n) is 18.8. The van der Waals surface area contributed by atoms with E-state index in [-0.39, 0.29) is 22.1 Å². The second-order valence-electron chi connectivity index (χ2n) is 8.22. The molecule has 34 heavy (non-hydrogen) atoms. The zero-order chi connectivity index (χ0) is 24.5. The van der Waals surface area contributed by atoms with Crippen molar-refractivity contribution in [1.29, 1.82) is 0 Å². The van der Waals surface area contributed by atoms with Crippen molar-refractivity contribution in [3.05, 3.63) is 117 Å². The third kappa shape index (κ3) is 4.24. The molecule has 0 radical (unpaired) electrons. The van der Waals surface area contributed by atoms with Crippen LogP contribution in [0.1, 0.15) is 40.9 Å². The summed E-state index contributed by atoms with van der Waals surface area (Å²) in [4.78, 5) is 23.6. The number of allylic oxidation sites excluding steroid dienone is 1. The van der Waals surface area contributed by atoms with Crippen molar-refractivity contribution in [1.82, 2.24) is 4.31 Å². The summed E-state index contributed by atoms with van der Waals surface area (Å²) in [5, 5.41) is 10.9. The Kier molecular flexibility index (Phi) is 6.34. The van der Waals surface area contributed by atoms with E-state index in [1.807, 2.05) is 44.2 Å². The average molecular weight is 477 g/mol. The molecule has 2 atom stereocenters. The fraction of sp³-hybridized carbons (Fsp3) is 0.192. The Hall–Kier alpha value is -3.78. The van der Waals surface area contributed by atoms with Gasteiger partial charge in [-0.3, -0.25) is 19.2 Å². The third-order valence-electron chi connectivity index (χ3n) is 6.07. The molecule has 0 bridgehead atoms. The van der Waals surface area contributed by atoms with Crippen molar-refractivity contribution in [2.24, 2.45) is 5.92 Å². The van der Waals surface area contributed by atoms with E-state index in [2.05, 4.69) is 0 Å². The first-order chi connectivity index (χ1) is 16.2. The highest BCUT2D eigenvalue weighted by Gasteiger charge is 2.50. The van der Waals surface area contributed by atoms with Crippen molar-refractivity contribution in [3.63, 3.8) is 0 Å². The summed E-state index contributed by atoms with van der Waals surface area (Å²) in [6, 6.07) is 20.9. The van der Waals surface area contributed by atoms with E-state index in [0.29, 0.717) is 12.1 Å². The van der Waals surface area contributed by atoms with Gasteiger partial charge in [-0.2, -0.15) is 0 Å². The predicted molar refractivity (Wildman–Crippen MR) is 129 cm³/mol. The molecule has 4 rings (SSSR count). The number of nitro groups is 1. The van der Waals surface area contributed by atoms with E-state index in [0.717, 1.165) is 11.1 Å². The van der Waals surface area contributed by atoms with Crippen LogP contribution < -0.4 is 0 Å². The topological polar surface area (TPSA) is 97.6 Å². The quantitative estimate of drug-likeness (QED) is 0.196. The molecule has 1 saturated heterocycles. The van der Waals surface area contributed by atoms with Crippen molar-refractivity contribution in [2.75, 3.05) is 0 Å². The van der Waals surface area contributed by atoms with E-state index < -0.39 is 26.8 Å². The van der Waals surface area contributed by atoms with Gasteiger partial charge in [-0.1, -0.05) is 55.0 Å². The molecular formula is C26H24N2O5S. The molecular weight excluding hydrogens is 452 g/mol. The van der Waals surface area contributed by atoms with Gasteiger partial charge in [-0.05, 0) is 43.2 Å². The van der Waals surface area contributed by atoms with Crippen molar-refractivity contribution >= 4 is 21.5 Å². The molecule has 1 fully saturated rings. The maximum absolute atomic E-state index is 13.7.